The Balaban J connectivity index is 1.59. The highest BCUT2D eigenvalue weighted by Gasteiger charge is 2.15. The Bertz CT molecular complexity index is 583. The maximum absolute atomic E-state index is 6.22. The van der Waals surface area contributed by atoms with Gasteiger partial charge in [0.15, 0.2) is 0 Å². The molecule has 1 aliphatic carbocycles. The highest BCUT2D eigenvalue weighted by Crippen LogP contribution is 2.24. The predicted octanol–water partition coefficient (Wildman–Crippen LogP) is 2.86. The molecule has 2 aromatic rings. The number of aromatic nitrogens is 2. The Labute approximate surface area is 125 Å². The molecule has 1 heterocycles. The first-order valence-electron chi connectivity index (χ1n) is 7.72. The van der Waals surface area contributed by atoms with Crippen molar-refractivity contribution in [3.63, 3.8) is 0 Å². The summed E-state index contributed by atoms with van der Waals surface area (Å²) in [4.78, 5) is 8.79. The number of hydrogen-bond donors (Lipinski definition) is 2. The predicted molar refractivity (Wildman–Crippen MR) is 85.2 cm³/mol. The van der Waals surface area contributed by atoms with E-state index < -0.39 is 0 Å². The first-order valence-corrected chi connectivity index (χ1v) is 7.72. The maximum Gasteiger partial charge on any atom is 0.132 e. The van der Waals surface area contributed by atoms with Crippen LogP contribution in [-0.2, 0) is 12.8 Å². The molecule has 0 saturated carbocycles. The van der Waals surface area contributed by atoms with E-state index in [9.17, 15) is 0 Å². The van der Waals surface area contributed by atoms with Gasteiger partial charge >= 0.3 is 0 Å². The standard InChI is InChI=1S/C17H22N4/c18-15(13-6-2-1-3-7-13)10-11-19-17-14-8-4-5-9-16(14)20-12-21-17/h1-3,6-7,12,15H,4-5,8-11,18H2,(H,19,20,21). The number of fused-ring (bicyclic) bond motifs is 1. The van der Waals surface area contributed by atoms with E-state index in [4.69, 9.17) is 5.73 Å². The van der Waals surface area contributed by atoms with E-state index in [1.54, 1.807) is 6.33 Å². The third-order valence-corrected chi connectivity index (χ3v) is 4.10. The summed E-state index contributed by atoms with van der Waals surface area (Å²) in [5.41, 5.74) is 9.93. The van der Waals surface area contributed by atoms with Gasteiger partial charge in [-0.25, -0.2) is 9.97 Å². The van der Waals surface area contributed by atoms with Crippen LogP contribution in [0.3, 0.4) is 0 Å². The lowest BCUT2D eigenvalue weighted by Gasteiger charge is -2.19. The third kappa shape index (κ3) is 3.39. The number of aryl methyl sites for hydroxylation is 1. The molecule has 1 aromatic carbocycles. The molecule has 1 aromatic heterocycles. The second-order valence-electron chi connectivity index (χ2n) is 5.59. The molecular formula is C17H22N4. The van der Waals surface area contributed by atoms with E-state index in [-0.39, 0.29) is 6.04 Å². The Morgan fingerprint density at radius 3 is 2.76 bits per heavy atom. The summed E-state index contributed by atoms with van der Waals surface area (Å²) in [5.74, 6) is 1.000. The van der Waals surface area contributed by atoms with Gasteiger partial charge in [0.2, 0.25) is 0 Å². The highest BCUT2D eigenvalue weighted by atomic mass is 15.0. The Kier molecular flexibility index (Phi) is 4.46. The summed E-state index contributed by atoms with van der Waals surface area (Å²) in [6.45, 7) is 0.833. The Hall–Kier alpha value is -1.94. The zero-order chi connectivity index (χ0) is 14.5. The van der Waals surface area contributed by atoms with Crippen molar-refractivity contribution >= 4 is 5.82 Å². The summed E-state index contributed by atoms with van der Waals surface area (Å²) in [7, 11) is 0. The largest absolute Gasteiger partial charge is 0.370 e. The molecule has 0 aliphatic heterocycles. The molecule has 0 fully saturated rings. The minimum Gasteiger partial charge on any atom is -0.370 e. The van der Waals surface area contributed by atoms with Gasteiger partial charge in [-0.05, 0) is 37.7 Å². The third-order valence-electron chi connectivity index (χ3n) is 4.10. The van der Waals surface area contributed by atoms with Crippen molar-refractivity contribution in [1.82, 2.24) is 9.97 Å². The fourth-order valence-corrected chi connectivity index (χ4v) is 2.89. The van der Waals surface area contributed by atoms with Crippen LogP contribution in [0.4, 0.5) is 5.82 Å². The smallest absolute Gasteiger partial charge is 0.132 e. The Morgan fingerprint density at radius 2 is 1.90 bits per heavy atom. The van der Waals surface area contributed by atoms with Crippen LogP contribution in [0.5, 0.6) is 0 Å². The first kappa shape index (κ1) is 14.0. The number of anilines is 1. The first-order chi connectivity index (χ1) is 10.3. The fourth-order valence-electron chi connectivity index (χ4n) is 2.89. The van der Waals surface area contributed by atoms with Crippen molar-refractivity contribution in [2.45, 2.75) is 38.1 Å². The average molecular weight is 282 g/mol. The van der Waals surface area contributed by atoms with Gasteiger partial charge in [-0.1, -0.05) is 30.3 Å². The molecule has 110 valence electrons. The molecule has 0 bridgehead atoms. The molecule has 3 N–H and O–H groups in total. The van der Waals surface area contributed by atoms with E-state index in [1.807, 2.05) is 18.2 Å². The number of nitrogens with two attached hydrogens (primary N) is 1. The molecule has 0 radical (unpaired) electrons. The molecule has 3 rings (SSSR count). The van der Waals surface area contributed by atoms with Crippen molar-refractivity contribution in [3.8, 4) is 0 Å². The van der Waals surface area contributed by atoms with Crippen molar-refractivity contribution in [3.05, 3.63) is 53.5 Å². The lowest BCUT2D eigenvalue weighted by Crippen LogP contribution is -2.17. The van der Waals surface area contributed by atoms with Crippen LogP contribution < -0.4 is 11.1 Å². The lowest BCUT2D eigenvalue weighted by molar-refractivity contribution is 0.655. The van der Waals surface area contributed by atoms with Gasteiger partial charge < -0.3 is 11.1 Å². The van der Waals surface area contributed by atoms with Crippen LogP contribution >= 0.6 is 0 Å². The van der Waals surface area contributed by atoms with Crippen LogP contribution in [0.15, 0.2) is 36.7 Å². The van der Waals surface area contributed by atoms with E-state index in [1.165, 1.54) is 29.7 Å². The van der Waals surface area contributed by atoms with Gasteiger partial charge in [0.05, 0.1) is 0 Å². The molecule has 0 saturated heterocycles. The number of rotatable bonds is 5. The minimum atomic E-state index is 0.0661. The van der Waals surface area contributed by atoms with E-state index in [2.05, 4.69) is 27.4 Å². The minimum absolute atomic E-state index is 0.0661. The van der Waals surface area contributed by atoms with Crippen molar-refractivity contribution in [2.75, 3.05) is 11.9 Å². The zero-order valence-corrected chi connectivity index (χ0v) is 12.3. The number of nitrogens with one attached hydrogen (secondary N) is 1. The average Bonchev–Trinajstić information content (AvgIpc) is 2.56. The maximum atomic E-state index is 6.22. The molecule has 4 heteroatoms. The second-order valence-corrected chi connectivity index (χ2v) is 5.59. The summed E-state index contributed by atoms with van der Waals surface area (Å²) in [6, 6.07) is 10.3. The summed E-state index contributed by atoms with van der Waals surface area (Å²) >= 11 is 0. The number of hydrogen-bond acceptors (Lipinski definition) is 4. The summed E-state index contributed by atoms with van der Waals surface area (Å²) in [6.07, 6.45) is 7.20. The van der Waals surface area contributed by atoms with Gasteiger partial charge in [0.1, 0.15) is 12.1 Å². The summed E-state index contributed by atoms with van der Waals surface area (Å²) < 4.78 is 0. The van der Waals surface area contributed by atoms with Crippen molar-refractivity contribution in [1.29, 1.82) is 0 Å². The van der Waals surface area contributed by atoms with Crippen LogP contribution in [0, 0.1) is 0 Å². The van der Waals surface area contributed by atoms with Crippen LogP contribution in [0.25, 0.3) is 0 Å². The van der Waals surface area contributed by atoms with Gasteiger partial charge in [0, 0.05) is 23.8 Å². The van der Waals surface area contributed by atoms with Crippen LogP contribution in [0.2, 0.25) is 0 Å². The summed E-state index contributed by atoms with van der Waals surface area (Å²) in [5, 5.41) is 3.44. The molecule has 0 spiro atoms. The van der Waals surface area contributed by atoms with E-state index >= 15 is 0 Å². The zero-order valence-electron chi connectivity index (χ0n) is 12.3. The van der Waals surface area contributed by atoms with Crippen LogP contribution in [-0.4, -0.2) is 16.5 Å². The Morgan fingerprint density at radius 1 is 1.10 bits per heavy atom. The normalized spacial score (nSPS) is 15.3. The van der Waals surface area contributed by atoms with Crippen molar-refractivity contribution < 1.29 is 0 Å². The molecule has 21 heavy (non-hydrogen) atoms. The van der Waals surface area contributed by atoms with E-state index in [0.717, 1.165) is 31.6 Å². The number of nitrogens with zero attached hydrogens (tertiary/aromatic N) is 2. The molecule has 0 amide bonds. The van der Waals surface area contributed by atoms with E-state index in [0.29, 0.717) is 0 Å². The van der Waals surface area contributed by atoms with Gasteiger partial charge in [-0.2, -0.15) is 0 Å². The fraction of sp³-hybridized carbons (Fsp3) is 0.412. The topological polar surface area (TPSA) is 63.8 Å². The lowest BCUT2D eigenvalue weighted by atomic mass is 9.96. The van der Waals surface area contributed by atoms with Gasteiger partial charge in [-0.3, -0.25) is 0 Å². The molecule has 1 atom stereocenters. The number of benzene rings is 1. The molecule has 1 unspecified atom stereocenters. The highest BCUT2D eigenvalue weighted by molar-refractivity contribution is 5.46. The molecule has 1 aliphatic rings. The SMILES string of the molecule is NC(CCNc1ncnc2c1CCCC2)c1ccccc1. The molecular weight excluding hydrogens is 260 g/mol. The monoisotopic (exact) mass is 282 g/mol. The van der Waals surface area contributed by atoms with Crippen molar-refractivity contribution in [2.24, 2.45) is 5.73 Å². The van der Waals surface area contributed by atoms with Crippen LogP contribution in [0.1, 0.15) is 42.1 Å². The van der Waals surface area contributed by atoms with Gasteiger partial charge in [-0.15, -0.1) is 0 Å². The quantitative estimate of drug-likeness (QED) is 0.885. The molecule has 4 nitrogen and oxygen atoms in total. The van der Waals surface area contributed by atoms with Gasteiger partial charge in [0.25, 0.3) is 0 Å². The second kappa shape index (κ2) is 6.68.